The van der Waals surface area contributed by atoms with Crippen LogP contribution in [0.3, 0.4) is 0 Å². The lowest BCUT2D eigenvalue weighted by atomic mass is 10.1. The van der Waals surface area contributed by atoms with Crippen molar-refractivity contribution < 1.29 is 8.42 Å². The summed E-state index contributed by atoms with van der Waals surface area (Å²) >= 11 is 0. The molecule has 0 saturated heterocycles. The van der Waals surface area contributed by atoms with Gasteiger partial charge in [0.1, 0.15) is 0 Å². The third kappa shape index (κ3) is 4.98. The molecule has 0 aliphatic carbocycles. The van der Waals surface area contributed by atoms with Crippen LogP contribution in [0.5, 0.6) is 0 Å². The lowest BCUT2D eigenvalue weighted by Crippen LogP contribution is -2.26. The second-order valence-electron chi connectivity index (χ2n) is 2.45. The van der Waals surface area contributed by atoms with Gasteiger partial charge in [0, 0.05) is 12.0 Å². The van der Waals surface area contributed by atoms with E-state index in [0.717, 1.165) is 11.8 Å². The summed E-state index contributed by atoms with van der Waals surface area (Å²) < 4.78 is 23.9. The lowest BCUT2D eigenvalue weighted by Gasteiger charge is -2.07. The molecule has 1 unspecified atom stereocenters. The van der Waals surface area contributed by atoms with E-state index in [2.05, 4.69) is 18.2 Å². The molecule has 1 atom stereocenters. The lowest BCUT2D eigenvalue weighted by molar-refractivity contribution is 0.547. The molecule has 0 spiro atoms. The fourth-order valence-corrected chi connectivity index (χ4v) is 1.05. The zero-order chi connectivity index (χ0) is 8.91. The fourth-order valence-electron chi connectivity index (χ4n) is 0.419. The van der Waals surface area contributed by atoms with Gasteiger partial charge in [-0.2, -0.15) is 0 Å². The molecule has 0 saturated carbocycles. The average molecular weight is 176 g/mol. The van der Waals surface area contributed by atoms with E-state index >= 15 is 0 Å². The first kappa shape index (κ1) is 10.7. The van der Waals surface area contributed by atoms with Gasteiger partial charge in [0.15, 0.2) is 0 Å². The Bertz CT molecular complexity index is 208. The summed E-state index contributed by atoms with van der Waals surface area (Å²) in [6.07, 6.45) is 0.722. The molecule has 0 fully saturated rings. The van der Waals surface area contributed by atoms with Gasteiger partial charge in [-0.25, -0.2) is 13.1 Å². The smallest absolute Gasteiger partial charge is 0.211 e. The first-order valence-electron chi connectivity index (χ1n) is 3.43. The van der Waals surface area contributed by atoms with Crippen molar-refractivity contribution in [2.45, 2.75) is 13.3 Å². The van der Waals surface area contributed by atoms with Crippen LogP contribution in [0.1, 0.15) is 13.3 Å². The van der Waals surface area contributed by atoms with E-state index < -0.39 is 10.0 Å². The quantitative estimate of drug-likeness (QED) is 0.676. The van der Waals surface area contributed by atoms with Crippen molar-refractivity contribution in [2.24, 2.45) is 5.92 Å². The van der Waals surface area contributed by atoms with Crippen molar-refractivity contribution in [3.63, 3.8) is 0 Å². The maximum Gasteiger partial charge on any atom is 0.233 e. The van der Waals surface area contributed by atoms with Gasteiger partial charge in [0.05, 0.1) is 0 Å². The molecule has 0 amide bonds. The van der Waals surface area contributed by atoms with Crippen LogP contribution in [0.4, 0.5) is 0 Å². The predicted molar refractivity (Wildman–Crippen MR) is 46.3 cm³/mol. The van der Waals surface area contributed by atoms with Crippen LogP contribution in [-0.4, -0.2) is 15.0 Å². The molecule has 0 aromatic rings. The largest absolute Gasteiger partial charge is 0.233 e. The van der Waals surface area contributed by atoms with Crippen LogP contribution in [0.2, 0.25) is 0 Å². The Labute approximate surface area is 68.5 Å². The third-order valence-electron chi connectivity index (χ3n) is 1.35. The van der Waals surface area contributed by atoms with Crippen molar-refractivity contribution in [2.75, 3.05) is 6.54 Å². The van der Waals surface area contributed by atoms with E-state index in [0.29, 0.717) is 6.54 Å². The Morgan fingerprint density at radius 3 is 2.55 bits per heavy atom. The SMILES string of the molecule is [CH2]CC(C)CNS(=O)(=O)C=C. The van der Waals surface area contributed by atoms with Gasteiger partial charge in [-0.15, -0.1) is 0 Å². The maximum absolute atomic E-state index is 10.8. The van der Waals surface area contributed by atoms with Gasteiger partial charge >= 0.3 is 0 Å². The van der Waals surface area contributed by atoms with Gasteiger partial charge in [-0.05, 0) is 12.3 Å². The molecule has 65 valence electrons. The Balaban J connectivity index is 3.80. The minimum absolute atomic E-state index is 0.268. The first-order chi connectivity index (χ1) is 5.02. The molecular weight excluding hydrogens is 162 g/mol. The highest BCUT2D eigenvalue weighted by atomic mass is 32.2. The Morgan fingerprint density at radius 1 is 1.64 bits per heavy atom. The minimum atomic E-state index is -3.24. The van der Waals surface area contributed by atoms with Gasteiger partial charge in [0.2, 0.25) is 10.0 Å². The molecule has 11 heavy (non-hydrogen) atoms. The number of nitrogens with one attached hydrogen (secondary N) is 1. The Hall–Kier alpha value is -0.350. The van der Waals surface area contributed by atoms with Crippen LogP contribution in [0.25, 0.3) is 0 Å². The highest BCUT2D eigenvalue weighted by molar-refractivity contribution is 7.92. The molecule has 0 bridgehead atoms. The van der Waals surface area contributed by atoms with E-state index in [1.54, 1.807) is 0 Å². The van der Waals surface area contributed by atoms with Gasteiger partial charge < -0.3 is 0 Å². The second kappa shape index (κ2) is 4.51. The van der Waals surface area contributed by atoms with Crippen molar-refractivity contribution in [3.8, 4) is 0 Å². The van der Waals surface area contributed by atoms with E-state index in [-0.39, 0.29) is 5.92 Å². The zero-order valence-electron chi connectivity index (χ0n) is 6.71. The van der Waals surface area contributed by atoms with E-state index in [9.17, 15) is 8.42 Å². The molecule has 4 heteroatoms. The van der Waals surface area contributed by atoms with Crippen LogP contribution >= 0.6 is 0 Å². The average Bonchev–Trinajstić information content (AvgIpc) is 2.00. The zero-order valence-corrected chi connectivity index (χ0v) is 7.52. The van der Waals surface area contributed by atoms with Crippen LogP contribution in [0.15, 0.2) is 12.0 Å². The molecule has 0 aromatic carbocycles. The Morgan fingerprint density at radius 2 is 2.18 bits per heavy atom. The van der Waals surface area contributed by atoms with Crippen molar-refractivity contribution in [1.82, 2.24) is 4.72 Å². The summed E-state index contributed by atoms with van der Waals surface area (Å²) in [6, 6.07) is 0. The molecule has 3 nitrogen and oxygen atoms in total. The van der Waals surface area contributed by atoms with Crippen LogP contribution < -0.4 is 4.72 Å². The normalized spacial score (nSPS) is 14.4. The van der Waals surface area contributed by atoms with Crippen molar-refractivity contribution >= 4 is 10.0 Å². The number of rotatable bonds is 5. The first-order valence-corrected chi connectivity index (χ1v) is 4.98. The van der Waals surface area contributed by atoms with E-state index in [1.165, 1.54) is 0 Å². The van der Waals surface area contributed by atoms with Crippen LogP contribution in [-0.2, 0) is 10.0 Å². The third-order valence-corrected chi connectivity index (χ3v) is 2.35. The fraction of sp³-hybridized carbons (Fsp3) is 0.571. The summed E-state index contributed by atoms with van der Waals surface area (Å²) in [6.45, 7) is 9.18. The number of hydrogen-bond donors (Lipinski definition) is 1. The van der Waals surface area contributed by atoms with E-state index in [4.69, 9.17) is 0 Å². The topological polar surface area (TPSA) is 46.2 Å². The molecule has 0 aliphatic heterocycles. The standard InChI is InChI=1S/C7H14NO2S/c1-4-7(3)6-8-11(9,10)5-2/h5,7-8H,1-2,4,6H2,3H3. The maximum atomic E-state index is 10.8. The molecular formula is C7H14NO2S. The highest BCUT2D eigenvalue weighted by Crippen LogP contribution is 1.98. The number of sulfonamides is 1. The van der Waals surface area contributed by atoms with Gasteiger partial charge in [-0.3, -0.25) is 0 Å². The Kier molecular flexibility index (Phi) is 4.37. The van der Waals surface area contributed by atoms with E-state index in [1.807, 2.05) is 6.92 Å². The van der Waals surface area contributed by atoms with Crippen molar-refractivity contribution in [1.29, 1.82) is 0 Å². The minimum Gasteiger partial charge on any atom is -0.211 e. The predicted octanol–water partition coefficient (Wildman–Crippen LogP) is 0.910. The summed E-state index contributed by atoms with van der Waals surface area (Å²) in [4.78, 5) is 0. The molecule has 0 aliphatic rings. The summed E-state index contributed by atoms with van der Waals surface area (Å²) in [5.41, 5.74) is 0. The molecule has 0 rings (SSSR count). The summed E-state index contributed by atoms with van der Waals surface area (Å²) in [5, 5.41) is 0.906. The molecule has 0 heterocycles. The molecule has 1 radical (unpaired) electrons. The highest BCUT2D eigenvalue weighted by Gasteiger charge is 2.05. The summed E-state index contributed by atoms with van der Waals surface area (Å²) in [5.74, 6) is 0.268. The molecule has 0 aromatic heterocycles. The van der Waals surface area contributed by atoms with Gasteiger partial charge in [0.25, 0.3) is 0 Å². The van der Waals surface area contributed by atoms with Crippen molar-refractivity contribution in [3.05, 3.63) is 18.9 Å². The molecule has 1 N–H and O–H groups in total. The monoisotopic (exact) mass is 176 g/mol. The van der Waals surface area contributed by atoms with Gasteiger partial charge in [-0.1, -0.05) is 20.4 Å². The summed E-state index contributed by atoms with van der Waals surface area (Å²) in [7, 11) is -3.24. The van der Waals surface area contributed by atoms with Crippen LogP contribution in [0, 0.1) is 12.8 Å². The number of hydrogen-bond acceptors (Lipinski definition) is 2. The second-order valence-corrected chi connectivity index (χ2v) is 4.17.